The number of carboxylic acids is 1. The fourth-order valence-electron chi connectivity index (χ4n) is 4.12. The summed E-state index contributed by atoms with van der Waals surface area (Å²) >= 11 is 0. The number of carbonyl (C=O) groups is 2. The van der Waals surface area contributed by atoms with Gasteiger partial charge in [-0.15, -0.1) is 0 Å². The normalized spacial score (nSPS) is 12.3. The number of aliphatic carboxylic acids is 1. The highest BCUT2D eigenvalue weighted by Gasteiger charge is 2.14. The maximum Gasteiger partial charge on any atom is 0.306 e. The van der Waals surface area contributed by atoms with Crippen LogP contribution in [0.3, 0.4) is 0 Å². The molecule has 0 aliphatic heterocycles. The van der Waals surface area contributed by atoms with Crippen LogP contribution >= 0.6 is 0 Å². The SMILES string of the molecule is CCCCCCC/C=C\CCCCCCCC(=O)OC(CCCCC)CCCCCC(=O)O. The highest BCUT2D eigenvalue weighted by molar-refractivity contribution is 5.69. The summed E-state index contributed by atoms with van der Waals surface area (Å²) in [6.45, 7) is 4.44. The van der Waals surface area contributed by atoms with Crippen molar-refractivity contribution in [3.05, 3.63) is 12.2 Å². The molecule has 0 saturated heterocycles. The Morgan fingerprint density at radius 3 is 1.70 bits per heavy atom. The molecule has 0 amide bonds. The molecule has 4 heteroatoms. The fraction of sp³-hybridized carbons (Fsp3) is 0.862. The van der Waals surface area contributed by atoms with Crippen molar-refractivity contribution in [2.24, 2.45) is 0 Å². The van der Waals surface area contributed by atoms with E-state index in [4.69, 9.17) is 9.84 Å². The van der Waals surface area contributed by atoms with E-state index in [9.17, 15) is 9.59 Å². The summed E-state index contributed by atoms with van der Waals surface area (Å²) in [5, 5.41) is 8.74. The highest BCUT2D eigenvalue weighted by Crippen LogP contribution is 2.17. The average molecular weight is 467 g/mol. The topological polar surface area (TPSA) is 63.6 Å². The van der Waals surface area contributed by atoms with Crippen LogP contribution in [-0.2, 0) is 14.3 Å². The zero-order valence-electron chi connectivity index (χ0n) is 22.0. The van der Waals surface area contributed by atoms with Gasteiger partial charge in [-0.2, -0.15) is 0 Å². The van der Waals surface area contributed by atoms with E-state index in [2.05, 4.69) is 26.0 Å². The zero-order valence-corrected chi connectivity index (χ0v) is 22.0. The second kappa shape index (κ2) is 25.3. The Morgan fingerprint density at radius 2 is 1.09 bits per heavy atom. The molecule has 0 radical (unpaired) electrons. The summed E-state index contributed by atoms with van der Waals surface area (Å²) in [4.78, 5) is 22.9. The fourth-order valence-corrected chi connectivity index (χ4v) is 4.12. The third-order valence-electron chi connectivity index (χ3n) is 6.24. The molecular weight excluding hydrogens is 412 g/mol. The molecule has 0 rings (SSSR count). The third kappa shape index (κ3) is 25.1. The van der Waals surface area contributed by atoms with Gasteiger partial charge in [0.05, 0.1) is 0 Å². The average Bonchev–Trinajstić information content (AvgIpc) is 2.78. The van der Waals surface area contributed by atoms with E-state index in [1.54, 1.807) is 0 Å². The second-order valence-electron chi connectivity index (χ2n) is 9.58. The summed E-state index contributed by atoms with van der Waals surface area (Å²) in [5.74, 6) is -0.783. The van der Waals surface area contributed by atoms with Gasteiger partial charge in [0.1, 0.15) is 6.10 Å². The van der Waals surface area contributed by atoms with Gasteiger partial charge in [0.2, 0.25) is 0 Å². The van der Waals surface area contributed by atoms with E-state index < -0.39 is 5.97 Å². The van der Waals surface area contributed by atoms with Gasteiger partial charge in [-0.25, -0.2) is 0 Å². The Kier molecular flexibility index (Phi) is 24.3. The minimum absolute atomic E-state index is 0.00677. The number of hydrogen-bond donors (Lipinski definition) is 1. The van der Waals surface area contributed by atoms with Gasteiger partial charge < -0.3 is 9.84 Å². The van der Waals surface area contributed by atoms with Crippen molar-refractivity contribution >= 4 is 11.9 Å². The number of ether oxygens (including phenoxy) is 1. The standard InChI is InChI=1S/C29H54O4/c1-3-5-7-8-9-10-11-12-13-14-15-16-17-22-26-29(32)33-27(23-19-6-4-2)24-20-18-21-25-28(30)31/h11-12,27H,3-10,13-26H2,1-2H3,(H,30,31)/b12-11-. The Hall–Kier alpha value is -1.32. The number of unbranched alkanes of at least 4 members (excludes halogenated alkanes) is 14. The van der Waals surface area contributed by atoms with Crippen LogP contribution in [0, 0.1) is 0 Å². The lowest BCUT2D eigenvalue weighted by molar-refractivity contribution is -0.150. The van der Waals surface area contributed by atoms with Crippen molar-refractivity contribution in [1.82, 2.24) is 0 Å². The van der Waals surface area contributed by atoms with Crippen molar-refractivity contribution in [2.75, 3.05) is 0 Å². The number of rotatable bonds is 25. The summed E-state index contributed by atoms with van der Waals surface area (Å²) < 4.78 is 5.77. The van der Waals surface area contributed by atoms with Crippen LogP contribution in [0.4, 0.5) is 0 Å². The van der Waals surface area contributed by atoms with Gasteiger partial charge in [-0.3, -0.25) is 9.59 Å². The van der Waals surface area contributed by atoms with Crippen LogP contribution in [0.5, 0.6) is 0 Å². The molecule has 0 spiro atoms. The van der Waals surface area contributed by atoms with Crippen LogP contribution in [0.2, 0.25) is 0 Å². The predicted molar refractivity (Wildman–Crippen MR) is 140 cm³/mol. The second-order valence-corrected chi connectivity index (χ2v) is 9.58. The largest absolute Gasteiger partial charge is 0.481 e. The Balaban J connectivity index is 3.75. The molecule has 4 nitrogen and oxygen atoms in total. The van der Waals surface area contributed by atoms with Crippen LogP contribution < -0.4 is 0 Å². The van der Waals surface area contributed by atoms with E-state index in [1.807, 2.05) is 0 Å². The van der Waals surface area contributed by atoms with Gasteiger partial charge >= 0.3 is 11.9 Å². The van der Waals surface area contributed by atoms with E-state index in [0.29, 0.717) is 12.8 Å². The molecule has 1 atom stereocenters. The van der Waals surface area contributed by atoms with Crippen LogP contribution in [-0.4, -0.2) is 23.1 Å². The van der Waals surface area contributed by atoms with E-state index in [0.717, 1.165) is 51.4 Å². The first-order valence-corrected chi connectivity index (χ1v) is 14.2. The van der Waals surface area contributed by atoms with Crippen molar-refractivity contribution in [2.45, 2.75) is 161 Å². The quantitative estimate of drug-likeness (QED) is 0.0827. The summed E-state index contributed by atoms with van der Waals surface area (Å²) in [6.07, 6.45) is 28.1. The predicted octanol–water partition coefficient (Wildman–Crippen LogP) is 9.16. The first-order valence-electron chi connectivity index (χ1n) is 14.2. The number of carboxylic acid groups (broad SMARTS) is 1. The van der Waals surface area contributed by atoms with Crippen LogP contribution in [0.1, 0.15) is 155 Å². The maximum absolute atomic E-state index is 12.3. The molecule has 0 fully saturated rings. The minimum Gasteiger partial charge on any atom is -0.481 e. The number of esters is 1. The summed E-state index contributed by atoms with van der Waals surface area (Å²) in [5.41, 5.74) is 0. The molecule has 0 aromatic heterocycles. The molecule has 0 heterocycles. The van der Waals surface area contributed by atoms with E-state index in [1.165, 1.54) is 70.6 Å². The monoisotopic (exact) mass is 466 g/mol. The van der Waals surface area contributed by atoms with Gasteiger partial charge in [-0.1, -0.05) is 90.2 Å². The first-order chi connectivity index (χ1) is 16.1. The number of allylic oxidation sites excluding steroid dienone is 2. The van der Waals surface area contributed by atoms with E-state index in [-0.39, 0.29) is 18.5 Å². The summed E-state index contributed by atoms with van der Waals surface area (Å²) in [6, 6.07) is 0. The lowest BCUT2D eigenvalue weighted by Gasteiger charge is -2.18. The number of hydrogen-bond acceptors (Lipinski definition) is 3. The van der Waals surface area contributed by atoms with Crippen LogP contribution in [0.25, 0.3) is 0 Å². The van der Waals surface area contributed by atoms with Crippen molar-refractivity contribution in [1.29, 1.82) is 0 Å². The molecule has 1 unspecified atom stereocenters. The molecule has 0 aromatic rings. The Labute approximate surface area is 204 Å². The van der Waals surface area contributed by atoms with Crippen molar-refractivity contribution in [3.8, 4) is 0 Å². The molecule has 194 valence electrons. The zero-order chi connectivity index (χ0) is 24.4. The van der Waals surface area contributed by atoms with Crippen LogP contribution in [0.15, 0.2) is 12.2 Å². The Morgan fingerprint density at radius 1 is 0.636 bits per heavy atom. The molecule has 0 aliphatic rings. The molecule has 33 heavy (non-hydrogen) atoms. The van der Waals surface area contributed by atoms with Crippen molar-refractivity contribution < 1.29 is 19.4 Å². The maximum atomic E-state index is 12.3. The molecule has 0 bridgehead atoms. The first kappa shape index (κ1) is 31.7. The highest BCUT2D eigenvalue weighted by atomic mass is 16.5. The van der Waals surface area contributed by atoms with Gasteiger partial charge in [0.25, 0.3) is 0 Å². The molecule has 0 aliphatic carbocycles. The molecular formula is C29H54O4. The molecule has 0 saturated carbocycles. The Bertz CT molecular complexity index is 472. The summed E-state index contributed by atoms with van der Waals surface area (Å²) in [7, 11) is 0. The van der Waals surface area contributed by atoms with E-state index >= 15 is 0 Å². The smallest absolute Gasteiger partial charge is 0.306 e. The van der Waals surface area contributed by atoms with Gasteiger partial charge in [0.15, 0.2) is 0 Å². The lowest BCUT2D eigenvalue weighted by Crippen LogP contribution is -2.18. The molecule has 1 N–H and O–H groups in total. The van der Waals surface area contributed by atoms with Gasteiger partial charge in [-0.05, 0) is 64.2 Å². The van der Waals surface area contributed by atoms with Crippen molar-refractivity contribution in [3.63, 3.8) is 0 Å². The number of carbonyl (C=O) groups excluding carboxylic acids is 1. The minimum atomic E-state index is -0.731. The molecule has 0 aromatic carbocycles. The van der Waals surface area contributed by atoms with Gasteiger partial charge in [0, 0.05) is 12.8 Å². The lowest BCUT2D eigenvalue weighted by atomic mass is 10.0. The third-order valence-corrected chi connectivity index (χ3v) is 6.24.